The number of hydrogen-bond acceptors (Lipinski definition) is 1. The normalized spacial score (nSPS) is 16.4. The van der Waals surface area contributed by atoms with Gasteiger partial charge in [-0.15, -0.1) is 0 Å². The summed E-state index contributed by atoms with van der Waals surface area (Å²) in [6.45, 7) is 10.4. The van der Waals surface area contributed by atoms with E-state index in [0.717, 1.165) is 24.2 Å². The van der Waals surface area contributed by atoms with Crippen molar-refractivity contribution in [3.8, 4) is 0 Å². The average molecular weight is 220 g/mol. The highest BCUT2D eigenvalue weighted by atomic mass is 16.2. The lowest BCUT2D eigenvalue weighted by Gasteiger charge is -2.20. The van der Waals surface area contributed by atoms with Gasteiger partial charge in [-0.25, -0.2) is 4.79 Å². The first-order valence-corrected chi connectivity index (χ1v) is 5.66. The molecule has 1 N–H and O–H groups in total. The van der Waals surface area contributed by atoms with Crippen LogP contribution in [0.2, 0.25) is 0 Å². The second-order valence-electron chi connectivity index (χ2n) is 4.12. The number of carbonyl (C=O) groups is 1. The lowest BCUT2D eigenvalue weighted by Crippen LogP contribution is -2.41. The van der Waals surface area contributed by atoms with Crippen molar-refractivity contribution < 1.29 is 4.79 Å². The Morgan fingerprint density at radius 1 is 1.56 bits per heavy atom. The van der Waals surface area contributed by atoms with Gasteiger partial charge in [0.2, 0.25) is 0 Å². The van der Waals surface area contributed by atoms with Gasteiger partial charge < -0.3 is 5.32 Å². The molecule has 0 aromatic rings. The van der Waals surface area contributed by atoms with E-state index in [0.29, 0.717) is 0 Å². The highest BCUT2D eigenvalue weighted by Gasteiger charge is 2.24. The minimum Gasteiger partial charge on any atom is -0.336 e. The van der Waals surface area contributed by atoms with Crippen molar-refractivity contribution in [1.29, 1.82) is 0 Å². The van der Waals surface area contributed by atoms with Gasteiger partial charge in [0.05, 0.1) is 0 Å². The van der Waals surface area contributed by atoms with Crippen LogP contribution in [0.4, 0.5) is 4.79 Å². The molecule has 1 rings (SSSR count). The molecule has 0 bridgehead atoms. The molecular weight excluding hydrogens is 200 g/mol. The number of carbonyl (C=O) groups excluding carboxylic acids is 1. The van der Waals surface area contributed by atoms with E-state index in [9.17, 15) is 4.79 Å². The fourth-order valence-electron chi connectivity index (χ4n) is 1.75. The maximum absolute atomic E-state index is 11.9. The first-order chi connectivity index (χ1) is 7.60. The quantitative estimate of drug-likeness (QED) is 0.779. The van der Waals surface area contributed by atoms with E-state index in [1.807, 2.05) is 39.0 Å². The molecule has 1 heterocycles. The van der Waals surface area contributed by atoms with Crippen LogP contribution in [0.1, 0.15) is 27.2 Å². The lowest BCUT2D eigenvalue weighted by atomic mass is 10.2. The molecule has 1 aliphatic heterocycles. The zero-order valence-electron chi connectivity index (χ0n) is 10.3. The summed E-state index contributed by atoms with van der Waals surface area (Å²) in [4.78, 5) is 13.7. The highest BCUT2D eigenvalue weighted by molar-refractivity contribution is 5.78. The Kier molecular flexibility index (Phi) is 4.35. The predicted octanol–water partition coefficient (Wildman–Crippen LogP) is 2.83. The zero-order valence-corrected chi connectivity index (χ0v) is 10.3. The maximum atomic E-state index is 11.9. The molecule has 0 atom stereocenters. The number of rotatable bonds is 3. The fourth-order valence-corrected chi connectivity index (χ4v) is 1.75. The van der Waals surface area contributed by atoms with Crippen molar-refractivity contribution in [2.75, 3.05) is 6.54 Å². The molecule has 0 aliphatic carbocycles. The van der Waals surface area contributed by atoms with E-state index < -0.39 is 0 Å². The minimum atomic E-state index is -0.0278. The van der Waals surface area contributed by atoms with Gasteiger partial charge in [-0.1, -0.05) is 18.7 Å². The molecule has 0 aromatic heterocycles. The van der Waals surface area contributed by atoms with E-state index in [2.05, 4.69) is 11.9 Å². The molecule has 0 radical (unpaired) electrons. The Labute approximate surface area is 97.5 Å². The summed E-state index contributed by atoms with van der Waals surface area (Å²) in [5.41, 5.74) is 2.10. The van der Waals surface area contributed by atoms with Crippen LogP contribution in [-0.2, 0) is 0 Å². The Bertz CT molecular complexity index is 340. The van der Waals surface area contributed by atoms with Gasteiger partial charge in [-0.2, -0.15) is 0 Å². The zero-order chi connectivity index (χ0) is 12.1. The summed E-state index contributed by atoms with van der Waals surface area (Å²) >= 11 is 0. The van der Waals surface area contributed by atoms with E-state index in [1.165, 1.54) is 0 Å². The fraction of sp³-hybridized carbons (Fsp3) is 0.462. The van der Waals surface area contributed by atoms with Crippen LogP contribution in [0, 0.1) is 0 Å². The van der Waals surface area contributed by atoms with Gasteiger partial charge in [0.15, 0.2) is 0 Å². The number of urea groups is 1. The standard InChI is InChI=1S/C13H20N2O/c1-5-7-12-11(6-2)8-9-15(12)13(16)14-10(3)4/h5-7,10H,2,8-9H2,1,3-4H3,(H,14,16)/b7-5-. The predicted molar refractivity (Wildman–Crippen MR) is 67.0 cm³/mol. The monoisotopic (exact) mass is 220 g/mol. The molecule has 0 saturated heterocycles. The summed E-state index contributed by atoms with van der Waals surface area (Å²) in [6.07, 6.45) is 6.62. The van der Waals surface area contributed by atoms with Gasteiger partial charge in [0.25, 0.3) is 0 Å². The SMILES string of the molecule is C=CC1=C(/C=C\C)N(C(=O)NC(C)C)CC1. The number of hydrogen-bond donors (Lipinski definition) is 1. The largest absolute Gasteiger partial charge is 0.336 e. The van der Waals surface area contributed by atoms with Gasteiger partial charge >= 0.3 is 6.03 Å². The molecule has 0 spiro atoms. The second kappa shape index (κ2) is 5.54. The smallest absolute Gasteiger partial charge is 0.322 e. The lowest BCUT2D eigenvalue weighted by molar-refractivity contribution is 0.213. The third-order valence-corrected chi connectivity index (χ3v) is 2.45. The summed E-state index contributed by atoms with van der Waals surface area (Å²) < 4.78 is 0. The summed E-state index contributed by atoms with van der Waals surface area (Å²) in [5, 5.41) is 2.90. The summed E-state index contributed by atoms with van der Waals surface area (Å²) in [5.74, 6) is 0. The molecule has 1 aliphatic rings. The number of nitrogens with zero attached hydrogens (tertiary/aromatic N) is 1. The van der Waals surface area contributed by atoms with E-state index in [-0.39, 0.29) is 12.1 Å². The topological polar surface area (TPSA) is 32.3 Å². The molecule has 0 unspecified atom stereocenters. The third kappa shape index (κ3) is 2.75. The van der Waals surface area contributed by atoms with Crippen molar-refractivity contribution in [2.45, 2.75) is 33.2 Å². The Morgan fingerprint density at radius 2 is 2.25 bits per heavy atom. The Morgan fingerprint density at radius 3 is 2.75 bits per heavy atom. The number of nitrogens with one attached hydrogen (secondary N) is 1. The van der Waals surface area contributed by atoms with Gasteiger partial charge in [0.1, 0.15) is 0 Å². The van der Waals surface area contributed by atoms with Crippen LogP contribution in [0.15, 0.2) is 36.1 Å². The molecule has 2 amide bonds. The second-order valence-corrected chi connectivity index (χ2v) is 4.12. The van der Waals surface area contributed by atoms with E-state index in [1.54, 1.807) is 4.90 Å². The van der Waals surface area contributed by atoms with Crippen LogP contribution in [0.25, 0.3) is 0 Å². The summed E-state index contributed by atoms with van der Waals surface area (Å²) in [6, 6.07) is 0.132. The molecule has 0 saturated carbocycles. The van der Waals surface area contributed by atoms with Crippen molar-refractivity contribution >= 4 is 6.03 Å². The molecular formula is C13H20N2O. The Balaban J connectivity index is 2.86. The minimum absolute atomic E-state index is 0.0278. The van der Waals surface area contributed by atoms with Crippen LogP contribution in [0.5, 0.6) is 0 Å². The molecule has 16 heavy (non-hydrogen) atoms. The highest BCUT2D eigenvalue weighted by Crippen LogP contribution is 2.24. The van der Waals surface area contributed by atoms with Gasteiger partial charge in [-0.3, -0.25) is 4.90 Å². The summed E-state index contributed by atoms with van der Waals surface area (Å²) in [7, 11) is 0. The van der Waals surface area contributed by atoms with Crippen LogP contribution in [0.3, 0.4) is 0 Å². The van der Waals surface area contributed by atoms with Crippen molar-refractivity contribution in [2.24, 2.45) is 0 Å². The molecule has 0 aromatic carbocycles. The van der Waals surface area contributed by atoms with Crippen LogP contribution < -0.4 is 5.32 Å². The van der Waals surface area contributed by atoms with Crippen LogP contribution >= 0.6 is 0 Å². The first-order valence-electron chi connectivity index (χ1n) is 5.66. The van der Waals surface area contributed by atoms with Crippen molar-refractivity contribution in [3.63, 3.8) is 0 Å². The van der Waals surface area contributed by atoms with Gasteiger partial charge in [0, 0.05) is 18.3 Å². The van der Waals surface area contributed by atoms with E-state index >= 15 is 0 Å². The molecule has 3 heteroatoms. The maximum Gasteiger partial charge on any atom is 0.322 e. The number of amides is 2. The van der Waals surface area contributed by atoms with Crippen molar-refractivity contribution in [3.05, 3.63) is 36.1 Å². The average Bonchev–Trinajstić information content (AvgIpc) is 2.60. The van der Waals surface area contributed by atoms with Crippen molar-refractivity contribution in [1.82, 2.24) is 10.2 Å². The first kappa shape index (κ1) is 12.6. The van der Waals surface area contributed by atoms with E-state index in [4.69, 9.17) is 0 Å². The van der Waals surface area contributed by atoms with Crippen LogP contribution in [-0.4, -0.2) is 23.5 Å². The third-order valence-electron chi connectivity index (χ3n) is 2.45. The molecule has 0 fully saturated rings. The molecule has 88 valence electrons. The number of allylic oxidation sites excluding steroid dienone is 3. The molecule has 3 nitrogen and oxygen atoms in total. The Hall–Kier alpha value is -1.51. The van der Waals surface area contributed by atoms with Gasteiger partial charge in [-0.05, 0) is 38.8 Å².